The van der Waals surface area contributed by atoms with Gasteiger partial charge in [-0.3, -0.25) is 0 Å². The summed E-state index contributed by atoms with van der Waals surface area (Å²) in [5, 5.41) is 17.6. The van der Waals surface area contributed by atoms with Crippen molar-refractivity contribution < 1.29 is 9.47 Å². The number of hydrogen-bond acceptors (Lipinski definition) is 5. The zero-order valence-corrected chi connectivity index (χ0v) is 12.5. The van der Waals surface area contributed by atoms with Gasteiger partial charge in [-0.15, -0.1) is 0 Å². The molecule has 24 heavy (non-hydrogen) atoms. The average Bonchev–Trinajstić information content (AvgIpc) is 2.64. The predicted octanol–water partition coefficient (Wildman–Crippen LogP) is 4.41. The lowest BCUT2D eigenvalue weighted by molar-refractivity contribution is 0.456. The summed E-state index contributed by atoms with van der Waals surface area (Å²) < 4.78 is 11.3. The first kappa shape index (κ1) is 15.1. The number of rotatable bonds is 4. The topological polar surface area (TPSA) is 78.9 Å². The van der Waals surface area contributed by atoms with Gasteiger partial charge >= 0.3 is 0 Å². The Hall–Kier alpha value is -3.83. The minimum Gasteiger partial charge on any atom is -0.457 e. The molecule has 0 atom stereocenters. The van der Waals surface area contributed by atoms with Crippen molar-refractivity contribution in [3.63, 3.8) is 0 Å². The van der Waals surface area contributed by atoms with Gasteiger partial charge in [-0.2, -0.15) is 10.5 Å². The monoisotopic (exact) mass is 313 g/mol. The first-order valence-electron chi connectivity index (χ1n) is 7.10. The molecule has 0 N–H and O–H groups in total. The van der Waals surface area contributed by atoms with Crippen molar-refractivity contribution in [3.05, 3.63) is 78.0 Å². The summed E-state index contributed by atoms with van der Waals surface area (Å²) >= 11 is 0. The second kappa shape index (κ2) is 6.95. The number of ether oxygens (including phenoxy) is 2. The Morgan fingerprint density at radius 2 is 1.25 bits per heavy atom. The summed E-state index contributed by atoms with van der Waals surface area (Å²) in [7, 11) is 0. The van der Waals surface area contributed by atoms with Crippen molar-refractivity contribution in [1.29, 1.82) is 10.5 Å². The van der Waals surface area contributed by atoms with E-state index in [9.17, 15) is 0 Å². The number of benzene rings is 2. The Bertz CT molecular complexity index is 921. The van der Waals surface area contributed by atoms with Crippen molar-refractivity contribution in [1.82, 2.24) is 4.98 Å². The first-order valence-corrected chi connectivity index (χ1v) is 7.10. The normalized spacial score (nSPS) is 9.58. The highest BCUT2D eigenvalue weighted by Gasteiger charge is 2.02. The molecule has 0 aliphatic heterocycles. The van der Waals surface area contributed by atoms with Crippen LogP contribution in [0.25, 0.3) is 0 Å². The number of nitriles is 2. The van der Waals surface area contributed by atoms with E-state index in [0.717, 1.165) is 0 Å². The molecular formula is C19H11N3O2. The molecule has 0 fully saturated rings. The van der Waals surface area contributed by atoms with Crippen LogP contribution < -0.4 is 9.47 Å². The van der Waals surface area contributed by atoms with Gasteiger partial charge in [0.2, 0.25) is 5.88 Å². The smallest absolute Gasteiger partial charge is 0.220 e. The van der Waals surface area contributed by atoms with E-state index in [0.29, 0.717) is 34.4 Å². The molecule has 0 amide bonds. The van der Waals surface area contributed by atoms with Gasteiger partial charge in [0.15, 0.2) is 0 Å². The molecule has 0 spiro atoms. The van der Waals surface area contributed by atoms with Crippen LogP contribution in [0, 0.1) is 22.7 Å². The van der Waals surface area contributed by atoms with Gasteiger partial charge in [0, 0.05) is 6.07 Å². The van der Waals surface area contributed by atoms with E-state index < -0.39 is 0 Å². The number of aromatic nitrogens is 1. The third-order valence-corrected chi connectivity index (χ3v) is 3.10. The molecule has 0 saturated heterocycles. The van der Waals surface area contributed by atoms with Gasteiger partial charge in [-0.25, -0.2) is 4.98 Å². The van der Waals surface area contributed by atoms with Crippen LogP contribution in [-0.2, 0) is 0 Å². The molecule has 5 nitrogen and oxygen atoms in total. The first-order chi connectivity index (χ1) is 11.8. The van der Waals surface area contributed by atoms with E-state index >= 15 is 0 Å². The molecule has 0 bridgehead atoms. The fourth-order valence-corrected chi connectivity index (χ4v) is 1.96. The summed E-state index contributed by atoms with van der Waals surface area (Å²) in [4.78, 5) is 4.05. The maximum Gasteiger partial charge on any atom is 0.220 e. The highest BCUT2D eigenvalue weighted by atomic mass is 16.5. The zero-order chi connectivity index (χ0) is 16.8. The third kappa shape index (κ3) is 3.68. The summed E-state index contributed by atoms with van der Waals surface area (Å²) in [6, 6.07) is 22.9. The van der Waals surface area contributed by atoms with Crippen molar-refractivity contribution >= 4 is 0 Å². The van der Waals surface area contributed by atoms with Crippen LogP contribution in [0.15, 0.2) is 66.7 Å². The lowest BCUT2D eigenvalue weighted by Gasteiger charge is -2.08. The minimum atomic E-state index is 0.299. The Labute approximate surface area is 139 Å². The Morgan fingerprint density at radius 3 is 1.83 bits per heavy atom. The maximum atomic E-state index is 8.84. The van der Waals surface area contributed by atoms with Crippen molar-refractivity contribution in [3.8, 4) is 35.3 Å². The quantitative estimate of drug-likeness (QED) is 0.712. The van der Waals surface area contributed by atoms with Gasteiger partial charge in [-0.1, -0.05) is 6.07 Å². The van der Waals surface area contributed by atoms with Crippen molar-refractivity contribution in [2.75, 3.05) is 0 Å². The molecular weight excluding hydrogens is 302 g/mol. The van der Waals surface area contributed by atoms with Crippen molar-refractivity contribution in [2.24, 2.45) is 0 Å². The van der Waals surface area contributed by atoms with E-state index in [1.807, 2.05) is 6.07 Å². The molecule has 0 unspecified atom stereocenters. The second-order valence-corrected chi connectivity index (χ2v) is 4.78. The van der Waals surface area contributed by atoms with Crippen molar-refractivity contribution in [2.45, 2.75) is 0 Å². The molecule has 2 aromatic carbocycles. The number of pyridine rings is 1. The number of hydrogen-bond donors (Lipinski definition) is 0. The number of nitrogens with zero attached hydrogens (tertiary/aromatic N) is 3. The van der Waals surface area contributed by atoms with E-state index in [4.69, 9.17) is 20.0 Å². The molecule has 5 heteroatoms. The Balaban J connectivity index is 1.68. The lowest BCUT2D eigenvalue weighted by atomic mass is 10.2. The highest BCUT2D eigenvalue weighted by Crippen LogP contribution is 2.26. The van der Waals surface area contributed by atoms with Crippen LogP contribution in [0.1, 0.15) is 11.3 Å². The van der Waals surface area contributed by atoms with E-state index in [-0.39, 0.29) is 0 Å². The highest BCUT2D eigenvalue weighted by molar-refractivity contribution is 5.39. The average molecular weight is 313 g/mol. The fraction of sp³-hybridized carbons (Fsp3) is 0. The maximum absolute atomic E-state index is 8.84. The van der Waals surface area contributed by atoms with Gasteiger partial charge in [-0.05, 0) is 54.6 Å². The summed E-state index contributed by atoms with van der Waals surface area (Å²) in [6.07, 6.45) is 0. The van der Waals surface area contributed by atoms with Gasteiger partial charge in [0.05, 0.1) is 11.6 Å². The van der Waals surface area contributed by atoms with Crippen LogP contribution in [0.5, 0.6) is 23.1 Å². The molecule has 0 radical (unpaired) electrons. The minimum absolute atomic E-state index is 0.299. The van der Waals surface area contributed by atoms with E-state index in [1.165, 1.54) is 0 Å². The van der Waals surface area contributed by atoms with E-state index in [2.05, 4.69) is 11.1 Å². The molecule has 114 valence electrons. The SMILES string of the molecule is N#Cc1ccc(Oc2ccc(Oc3cccc(C#N)n3)cc2)cc1. The predicted molar refractivity (Wildman–Crippen MR) is 86.7 cm³/mol. The zero-order valence-electron chi connectivity index (χ0n) is 12.5. The Kier molecular flexibility index (Phi) is 4.37. The molecule has 0 saturated carbocycles. The van der Waals surface area contributed by atoms with Crippen LogP contribution in [0.3, 0.4) is 0 Å². The molecule has 0 aliphatic rings. The molecule has 1 aromatic heterocycles. The second-order valence-electron chi connectivity index (χ2n) is 4.78. The van der Waals surface area contributed by atoms with Gasteiger partial charge < -0.3 is 9.47 Å². The molecule has 3 rings (SSSR count). The fourth-order valence-electron chi connectivity index (χ4n) is 1.96. The summed E-state index contributed by atoms with van der Waals surface area (Å²) in [5.74, 6) is 2.23. The van der Waals surface area contributed by atoms with Crippen LogP contribution in [0.2, 0.25) is 0 Å². The largest absolute Gasteiger partial charge is 0.457 e. The molecule has 1 heterocycles. The van der Waals surface area contributed by atoms with Gasteiger partial charge in [0.1, 0.15) is 29.0 Å². The van der Waals surface area contributed by atoms with Gasteiger partial charge in [0.25, 0.3) is 0 Å². The summed E-state index contributed by atoms with van der Waals surface area (Å²) in [6.45, 7) is 0. The van der Waals surface area contributed by atoms with Crippen LogP contribution >= 0.6 is 0 Å². The molecule has 3 aromatic rings. The van der Waals surface area contributed by atoms with Crippen LogP contribution in [0.4, 0.5) is 0 Å². The lowest BCUT2D eigenvalue weighted by Crippen LogP contribution is -1.90. The third-order valence-electron chi connectivity index (χ3n) is 3.10. The van der Waals surface area contributed by atoms with Crippen LogP contribution in [-0.4, -0.2) is 4.98 Å². The molecule has 0 aliphatic carbocycles. The van der Waals surface area contributed by atoms with E-state index in [1.54, 1.807) is 66.7 Å². The Morgan fingerprint density at radius 1 is 0.667 bits per heavy atom. The summed E-state index contributed by atoms with van der Waals surface area (Å²) in [5.41, 5.74) is 0.881. The standard InChI is InChI=1S/C19H11N3O2/c20-12-14-4-6-16(7-5-14)23-17-8-10-18(11-9-17)24-19-3-1-2-15(13-21)22-19/h1-11H.